The van der Waals surface area contributed by atoms with Crippen LogP contribution in [0.3, 0.4) is 0 Å². The van der Waals surface area contributed by atoms with Gasteiger partial charge in [-0.25, -0.2) is 13.1 Å². The van der Waals surface area contributed by atoms with Crippen molar-refractivity contribution in [1.82, 2.24) is 10.0 Å². The maximum absolute atomic E-state index is 12.6. The van der Waals surface area contributed by atoms with Crippen molar-refractivity contribution in [3.05, 3.63) is 29.8 Å². The zero-order chi connectivity index (χ0) is 15.7. The zero-order valence-corrected chi connectivity index (χ0v) is 14.2. The number of sulfonamides is 1. The van der Waals surface area contributed by atoms with E-state index in [1.54, 1.807) is 12.1 Å². The molecule has 3 atom stereocenters. The molecule has 4 nitrogen and oxygen atoms in total. The SMILES string of the molecule is CCC(C)c1ccc(S(=O)(=O)NC2CC3CCC(C2)N3)cc1. The van der Waals surface area contributed by atoms with Crippen LogP contribution in [0.25, 0.3) is 0 Å². The summed E-state index contributed by atoms with van der Waals surface area (Å²) in [4.78, 5) is 0.380. The van der Waals surface area contributed by atoms with E-state index in [1.807, 2.05) is 12.1 Å². The van der Waals surface area contributed by atoms with Crippen molar-refractivity contribution in [3.63, 3.8) is 0 Å². The van der Waals surface area contributed by atoms with Crippen molar-refractivity contribution >= 4 is 10.0 Å². The van der Waals surface area contributed by atoms with E-state index in [2.05, 4.69) is 23.9 Å². The minimum absolute atomic E-state index is 0.0676. The van der Waals surface area contributed by atoms with E-state index >= 15 is 0 Å². The maximum Gasteiger partial charge on any atom is 0.240 e. The highest BCUT2D eigenvalue weighted by Crippen LogP contribution is 2.28. The summed E-state index contributed by atoms with van der Waals surface area (Å²) in [6.07, 6.45) is 5.21. The fourth-order valence-corrected chi connectivity index (χ4v) is 4.91. The average molecular weight is 322 g/mol. The fourth-order valence-electron chi connectivity index (χ4n) is 3.65. The van der Waals surface area contributed by atoms with Gasteiger partial charge in [0.25, 0.3) is 0 Å². The van der Waals surface area contributed by atoms with E-state index in [9.17, 15) is 8.42 Å². The molecular formula is C17H26N2O2S. The number of fused-ring (bicyclic) bond motifs is 2. The first-order valence-corrected chi connectivity index (χ1v) is 9.84. The third-order valence-corrected chi connectivity index (χ3v) is 6.70. The molecule has 3 rings (SSSR count). The van der Waals surface area contributed by atoms with Gasteiger partial charge in [0.1, 0.15) is 0 Å². The first-order chi connectivity index (χ1) is 10.5. The van der Waals surface area contributed by atoms with Gasteiger partial charge in [-0.05, 0) is 55.7 Å². The van der Waals surface area contributed by atoms with Gasteiger partial charge < -0.3 is 5.32 Å². The predicted octanol–water partition coefficient (Wildman–Crippen LogP) is 2.76. The molecule has 5 heteroatoms. The Labute approximate surface area is 133 Å². The summed E-state index contributed by atoms with van der Waals surface area (Å²) in [7, 11) is -3.41. The van der Waals surface area contributed by atoms with Crippen LogP contribution >= 0.6 is 0 Å². The quantitative estimate of drug-likeness (QED) is 0.876. The van der Waals surface area contributed by atoms with Crippen LogP contribution in [0.2, 0.25) is 0 Å². The fraction of sp³-hybridized carbons (Fsp3) is 0.647. The smallest absolute Gasteiger partial charge is 0.240 e. The lowest BCUT2D eigenvalue weighted by atomic mass is 9.99. The van der Waals surface area contributed by atoms with E-state index in [-0.39, 0.29) is 6.04 Å². The minimum atomic E-state index is -3.41. The predicted molar refractivity (Wildman–Crippen MR) is 88.4 cm³/mol. The van der Waals surface area contributed by atoms with Crippen LogP contribution in [-0.2, 0) is 10.0 Å². The highest BCUT2D eigenvalue weighted by Gasteiger charge is 2.35. The molecule has 1 aromatic carbocycles. The van der Waals surface area contributed by atoms with Gasteiger partial charge in [0.05, 0.1) is 4.90 Å². The topological polar surface area (TPSA) is 58.2 Å². The molecule has 0 aromatic heterocycles. The summed E-state index contributed by atoms with van der Waals surface area (Å²) in [6.45, 7) is 4.30. The van der Waals surface area contributed by atoms with E-state index in [1.165, 1.54) is 18.4 Å². The number of benzene rings is 1. The molecular weight excluding hydrogens is 296 g/mol. The summed E-state index contributed by atoms with van der Waals surface area (Å²) < 4.78 is 28.0. The standard InChI is InChI=1S/C17H26N2O2S/c1-3-12(2)13-4-8-17(9-5-13)22(20,21)19-16-10-14-6-7-15(11-16)18-14/h4-5,8-9,12,14-16,18-19H,3,6-7,10-11H2,1-2H3. The lowest BCUT2D eigenvalue weighted by Gasteiger charge is -2.29. The van der Waals surface area contributed by atoms with Crippen LogP contribution in [0.4, 0.5) is 0 Å². The van der Waals surface area contributed by atoms with Crippen molar-refractivity contribution in [2.75, 3.05) is 0 Å². The Morgan fingerprint density at radius 1 is 1.18 bits per heavy atom. The highest BCUT2D eigenvalue weighted by atomic mass is 32.2. The van der Waals surface area contributed by atoms with Gasteiger partial charge in [0.15, 0.2) is 0 Å². The Morgan fingerprint density at radius 3 is 2.32 bits per heavy atom. The van der Waals surface area contributed by atoms with E-state index in [4.69, 9.17) is 0 Å². The molecule has 0 spiro atoms. The number of piperidine rings is 1. The normalized spacial score (nSPS) is 29.5. The molecule has 2 aliphatic heterocycles. The Bertz CT molecular complexity index is 600. The Kier molecular flexibility index (Phi) is 4.57. The Morgan fingerprint density at radius 2 is 1.77 bits per heavy atom. The maximum atomic E-state index is 12.6. The van der Waals surface area contributed by atoms with Crippen LogP contribution in [-0.4, -0.2) is 26.5 Å². The average Bonchev–Trinajstić information content (AvgIpc) is 2.85. The zero-order valence-electron chi connectivity index (χ0n) is 13.4. The van der Waals surface area contributed by atoms with Gasteiger partial charge in [-0.15, -0.1) is 0 Å². The van der Waals surface area contributed by atoms with Gasteiger partial charge in [0, 0.05) is 18.1 Å². The third-order valence-electron chi connectivity index (χ3n) is 5.17. The summed E-state index contributed by atoms with van der Waals surface area (Å²) >= 11 is 0. The Balaban J connectivity index is 1.70. The van der Waals surface area contributed by atoms with Crippen molar-refractivity contribution in [1.29, 1.82) is 0 Å². The van der Waals surface area contributed by atoms with E-state index in [0.29, 0.717) is 22.9 Å². The minimum Gasteiger partial charge on any atom is -0.311 e. The lowest BCUT2D eigenvalue weighted by molar-refractivity contribution is 0.345. The molecule has 122 valence electrons. The highest BCUT2D eigenvalue weighted by molar-refractivity contribution is 7.89. The number of rotatable bonds is 5. The van der Waals surface area contributed by atoms with Gasteiger partial charge in [-0.3, -0.25) is 0 Å². The van der Waals surface area contributed by atoms with Gasteiger partial charge in [-0.1, -0.05) is 26.0 Å². The van der Waals surface area contributed by atoms with Gasteiger partial charge in [0.2, 0.25) is 10.0 Å². The lowest BCUT2D eigenvalue weighted by Crippen LogP contribution is -2.47. The Hall–Kier alpha value is -0.910. The summed E-state index contributed by atoms with van der Waals surface area (Å²) in [5.41, 5.74) is 1.20. The molecule has 2 saturated heterocycles. The van der Waals surface area contributed by atoms with E-state index in [0.717, 1.165) is 19.3 Å². The van der Waals surface area contributed by atoms with Gasteiger partial charge in [-0.2, -0.15) is 0 Å². The molecule has 0 aliphatic carbocycles. The second-order valence-electron chi connectivity index (χ2n) is 6.81. The molecule has 0 saturated carbocycles. The molecule has 3 unspecified atom stereocenters. The largest absolute Gasteiger partial charge is 0.311 e. The molecule has 0 radical (unpaired) electrons. The van der Waals surface area contributed by atoms with E-state index < -0.39 is 10.0 Å². The van der Waals surface area contributed by atoms with Gasteiger partial charge >= 0.3 is 0 Å². The number of hydrogen-bond acceptors (Lipinski definition) is 3. The van der Waals surface area contributed by atoms with Crippen LogP contribution in [0.1, 0.15) is 57.4 Å². The summed E-state index contributed by atoms with van der Waals surface area (Å²) in [5, 5.41) is 3.54. The van der Waals surface area contributed by atoms with Crippen molar-refractivity contribution < 1.29 is 8.42 Å². The molecule has 2 fully saturated rings. The summed E-state index contributed by atoms with van der Waals surface area (Å²) in [5.74, 6) is 0.463. The monoisotopic (exact) mass is 322 g/mol. The molecule has 22 heavy (non-hydrogen) atoms. The first kappa shape index (κ1) is 16.0. The molecule has 2 heterocycles. The summed E-state index contributed by atoms with van der Waals surface area (Å²) in [6, 6.07) is 8.39. The van der Waals surface area contributed by atoms with Crippen molar-refractivity contribution in [2.45, 2.75) is 74.9 Å². The molecule has 2 bridgehead atoms. The number of hydrogen-bond donors (Lipinski definition) is 2. The first-order valence-electron chi connectivity index (χ1n) is 8.36. The van der Waals surface area contributed by atoms with Crippen LogP contribution in [0.15, 0.2) is 29.2 Å². The molecule has 2 N–H and O–H groups in total. The molecule has 0 amide bonds. The van der Waals surface area contributed by atoms with Crippen molar-refractivity contribution in [2.24, 2.45) is 0 Å². The third kappa shape index (κ3) is 3.36. The van der Waals surface area contributed by atoms with Crippen LogP contribution < -0.4 is 10.0 Å². The molecule has 2 aliphatic rings. The molecule has 1 aromatic rings. The second-order valence-corrected chi connectivity index (χ2v) is 8.52. The van der Waals surface area contributed by atoms with Crippen LogP contribution in [0.5, 0.6) is 0 Å². The van der Waals surface area contributed by atoms with Crippen LogP contribution in [0, 0.1) is 0 Å². The number of nitrogens with one attached hydrogen (secondary N) is 2. The second kappa shape index (κ2) is 6.30. The van der Waals surface area contributed by atoms with Crippen molar-refractivity contribution in [3.8, 4) is 0 Å².